The number of nitrogens with zero attached hydrogens (tertiary/aromatic N) is 7. The van der Waals surface area contributed by atoms with Gasteiger partial charge in [0.05, 0.1) is 76.9 Å². The van der Waals surface area contributed by atoms with Gasteiger partial charge in [0.25, 0.3) is 0 Å². The minimum absolute atomic E-state index is 0.0772. The molecule has 5 N–H and O–H groups in total. The van der Waals surface area contributed by atoms with E-state index in [1.807, 2.05) is 102 Å². The molecule has 258 valence electrons. The summed E-state index contributed by atoms with van der Waals surface area (Å²) >= 11 is 0. The summed E-state index contributed by atoms with van der Waals surface area (Å²) < 4.78 is 0. The number of benzene rings is 4. The first-order valence-electron chi connectivity index (χ1n) is 17.1. The highest BCUT2D eigenvalue weighted by Crippen LogP contribution is 2.18. The Labute approximate surface area is 293 Å². The number of fused-ring (bicyclic) bond motifs is 4. The summed E-state index contributed by atoms with van der Waals surface area (Å²) in [6, 6.07) is 32.0. The molecule has 8 rings (SSSR count). The fourth-order valence-electron chi connectivity index (χ4n) is 6.62. The fraction of sp³-hybridized carbons (Fsp3) is 0.237. The third-order valence-electron chi connectivity index (χ3n) is 9.07. The van der Waals surface area contributed by atoms with Crippen LogP contribution >= 0.6 is 0 Å². The van der Waals surface area contributed by atoms with E-state index in [0.717, 1.165) is 67.4 Å². The molecule has 13 heteroatoms. The van der Waals surface area contributed by atoms with Gasteiger partial charge >= 0.3 is 5.97 Å². The van der Waals surface area contributed by atoms with Crippen molar-refractivity contribution in [3.8, 4) is 0 Å². The van der Waals surface area contributed by atoms with Crippen molar-refractivity contribution in [2.75, 3.05) is 32.7 Å². The van der Waals surface area contributed by atoms with Gasteiger partial charge in [0.2, 0.25) is 0 Å². The van der Waals surface area contributed by atoms with Crippen LogP contribution in [0.4, 0.5) is 0 Å². The van der Waals surface area contributed by atoms with Crippen molar-refractivity contribution >= 4 is 50.1 Å². The first-order valence-corrected chi connectivity index (χ1v) is 17.1. The zero-order chi connectivity index (χ0) is 34.6. The number of hydrogen-bond donors (Lipinski definition) is 5. The summed E-state index contributed by atoms with van der Waals surface area (Å²) in [6.45, 7) is 4.42. The summed E-state index contributed by atoms with van der Waals surface area (Å²) in [7, 11) is 0. The molecule has 4 aromatic carbocycles. The van der Waals surface area contributed by atoms with E-state index in [2.05, 4.69) is 29.7 Å². The molecule has 0 aliphatic rings. The minimum Gasteiger partial charge on any atom is -0.480 e. The van der Waals surface area contributed by atoms with Gasteiger partial charge in [0.1, 0.15) is 23.3 Å². The highest BCUT2D eigenvalue weighted by atomic mass is 16.4. The van der Waals surface area contributed by atoms with Crippen LogP contribution in [0.3, 0.4) is 0 Å². The number of hydrogen-bond acceptors (Lipinski definition) is 8. The lowest BCUT2D eigenvalue weighted by atomic mass is 10.3. The van der Waals surface area contributed by atoms with Crippen molar-refractivity contribution in [1.82, 2.24) is 54.6 Å². The Balaban J connectivity index is 1.00. The average molecular weight is 682 g/mol. The van der Waals surface area contributed by atoms with Gasteiger partial charge in [-0.2, -0.15) is 0 Å². The number of H-pyrrole nitrogens is 4. The molecule has 0 spiro atoms. The van der Waals surface area contributed by atoms with Gasteiger partial charge in [-0.1, -0.05) is 48.5 Å². The van der Waals surface area contributed by atoms with Gasteiger partial charge < -0.3 is 25.0 Å². The topological polar surface area (TPSA) is 162 Å². The number of imidazole rings is 4. The number of carbonyl (C=O) groups is 1. The Kier molecular flexibility index (Phi) is 9.21. The molecule has 0 saturated carbocycles. The lowest BCUT2D eigenvalue weighted by Crippen LogP contribution is -2.42. The Morgan fingerprint density at radius 1 is 0.451 bits per heavy atom. The van der Waals surface area contributed by atoms with Gasteiger partial charge in [-0.05, 0) is 48.5 Å². The van der Waals surface area contributed by atoms with Crippen LogP contribution in [-0.4, -0.2) is 98.4 Å². The molecule has 13 nitrogen and oxygen atoms in total. The van der Waals surface area contributed by atoms with Crippen LogP contribution in [0.5, 0.6) is 0 Å². The highest BCUT2D eigenvalue weighted by molar-refractivity contribution is 5.76. The second-order valence-corrected chi connectivity index (χ2v) is 12.9. The molecule has 8 aromatic rings. The Morgan fingerprint density at radius 2 is 0.725 bits per heavy atom. The third kappa shape index (κ3) is 7.80. The zero-order valence-corrected chi connectivity index (χ0v) is 28.1. The van der Waals surface area contributed by atoms with E-state index in [0.29, 0.717) is 52.4 Å². The summed E-state index contributed by atoms with van der Waals surface area (Å²) in [6.07, 6.45) is 0. The minimum atomic E-state index is -0.864. The number of carboxylic acids is 1. The van der Waals surface area contributed by atoms with E-state index in [9.17, 15) is 9.90 Å². The monoisotopic (exact) mass is 681 g/mol. The molecule has 0 saturated heterocycles. The molecule has 0 unspecified atom stereocenters. The Bertz CT molecular complexity index is 1960. The summed E-state index contributed by atoms with van der Waals surface area (Å²) in [5, 5.41) is 9.95. The van der Waals surface area contributed by atoms with Gasteiger partial charge in [-0.25, -0.2) is 19.9 Å². The lowest BCUT2D eigenvalue weighted by molar-refractivity contribution is -0.138. The number of aliphatic carboxylic acids is 1. The third-order valence-corrected chi connectivity index (χ3v) is 9.07. The van der Waals surface area contributed by atoms with E-state index in [1.165, 1.54) is 0 Å². The molecule has 0 fully saturated rings. The van der Waals surface area contributed by atoms with Gasteiger partial charge in [-0.3, -0.25) is 19.5 Å². The van der Waals surface area contributed by atoms with Crippen LogP contribution in [0.15, 0.2) is 97.1 Å². The quantitative estimate of drug-likeness (QED) is 0.0914. The number of nitrogens with one attached hydrogen (secondary N) is 4. The van der Waals surface area contributed by atoms with Crippen molar-refractivity contribution in [2.24, 2.45) is 0 Å². The summed E-state index contributed by atoms with van der Waals surface area (Å²) in [4.78, 5) is 51.7. The van der Waals surface area contributed by atoms with E-state index >= 15 is 0 Å². The maximum absolute atomic E-state index is 12.1. The maximum Gasteiger partial charge on any atom is 0.317 e. The van der Waals surface area contributed by atoms with E-state index in [4.69, 9.17) is 19.9 Å². The van der Waals surface area contributed by atoms with Crippen LogP contribution in [0.2, 0.25) is 0 Å². The average Bonchev–Trinajstić information content (AvgIpc) is 3.92. The molecule has 0 aliphatic carbocycles. The highest BCUT2D eigenvalue weighted by Gasteiger charge is 2.19. The van der Waals surface area contributed by atoms with Crippen LogP contribution in [0.25, 0.3) is 44.1 Å². The van der Waals surface area contributed by atoms with Crippen molar-refractivity contribution in [1.29, 1.82) is 0 Å². The van der Waals surface area contributed by atoms with E-state index in [1.54, 1.807) is 0 Å². The van der Waals surface area contributed by atoms with Crippen molar-refractivity contribution in [2.45, 2.75) is 26.2 Å². The molecule has 51 heavy (non-hydrogen) atoms. The first kappa shape index (κ1) is 32.3. The second-order valence-electron chi connectivity index (χ2n) is 12.9. The van der Waals surface area contributed by atoms with Crippen molar-refractivity contribution in [3.63, 3.8) is 0 Å². The second kappa shape index (κ2) is 14.5. The largest absolute Gasteiger partial charge is 0.480 e. The number of para-hydroxylation sites is 8. The molecule has 0 atom stereocenters. The molecule has 4 heterocycles. The normalized spacial score (nSPS) is 12.1. The standard InChI is InChI=1S/C38H39N11O2/c50-38(51)25-47(17-19-48(21-34-39-26-9-1-2-10-27(26)40-34)22-35-41-28-11-3-4-12-29(28)42-35)18-20-49(23-36-43-30-13-5-6-14-31(30)44-36)24-37-45-32-15-7-8-16-33(32)46-37/h1-16H,17-25H2,(H,39,40)(H,41,42)(H,43,44)(H,45,46)(H,50,51). The molecule has 4 aromatic heterocycles. The number of rotatable bonds is 16. The molecule has 0 bridgehead atoms. The van der Waals surface area contributed by atoms with Crippen LogP contribution in [0.1, 0.15) is 23.3 Å². The molecular weight excluding hydrogens is 642 g/mol. The molecule has 0 amide bonds. The zero-order valence-electron chi connectivity index (χ0n) is 28.1. The SMILES string of the molecule is O=C(O)CN(CCN(Cc1nc2ccccc2[nH]1)Cc1nc2ccccc2[nH]1)CCN(Cc1nc2ccccc2[nH]1)Cc1nc2ccccc2[nH]1. The van der Waals surface area contributed by atoms with Crippen LogP contribution in [0, 0.1) is 0 Å². The smallest absolute Gasteiger partial charge is 0.317 e. The summed E-state index contributed by atoms with van der Waals surface area (Å²) in [5.41, 5.74) is 7.59. The number of aromatic amines is 4. The first-order chi connectivity index (χ1) is 25.0. The molecule has 0 radical (unpaired) electrons. The van der Waals surface area contributed by atoms with E-state index < -0.39 is 5.97 Å². The number of carboxylic acid groups (broad SMARTS) is 1. The van der Waals surface area contributed by atoms with Crippen LogP contribution in [-0.2, 0) is 31.0 Å². The van der Waals surface area contributed by atoms with Gasteiger partial charge in [0, 0.05) is 26.2 Å². The van der Waals surface area contributed by atoms with Gasteiger partial charge in [-0.15, -0.1) is 0 Å². The summed E-state index contributed by atoms with van der Waals surface area (Å²) in [5.74, 6) is 2.52. The van der Waals surface area contributed by atoms with E-state index in [-0.39, 0.29) is 6.54 Å². The fourth-order valence-corrected chi connectivity index (χ4v) is 6.62. The van der Waals surface area contributed by atoms with Crippen molar-refractivity contribution in [3.05, 3.63) is 120 Å². The Morgan fingerprint density at radius 3 is 1.00 bits per heavy atom. The predicted octanol–water partition coefficient (Wildman–Crippen LogP) is 5.28. The van der Waals surface area contributed by atoms with Crippen LogP contribution < -0.4 is 0 Å². The predicted molar refractivity (Wildman–Crippen MR) is 197 cm³/mol. The maximum atomic E-state index is 12.1. The van der Waals surface area contributed by atoms with Gasteiger partial charge in [0.15, 0.2) is 0 Å². The molecule has 0 aliphatic heterocycles. The van der Waals surface area contributed by atoms with Crippen molar-refractivity contribution < 1.29 is 9.90 Å². The molecular formula is C38H39N11O2. The lowest BCUT2D eigenvalue weighted by Gasteiger charge is -2.28. The Hall–Kier alpha value is -5.89. The number of aromatic nitrogens is 8.